The van der Waals surface area contributed by atoms with Gasteiger partial charge in [0.2, 0.25) is 0 Å². The van der Waals surface area contributed by atoms with Gasteiger partial charge in [-0.3, -0.25) is 19.7 Å². The molecule has 0 saturated carbocycles. The molecular formula is C19H25N3O5. The number of anilines is 1. The van der Waals surface area contributed by atoms with Crippen molar-refractivity contribution in [2.75, 3.05) is 31.1 Å². The largest absolute Gasteiger partial charge is 0.481 e. The van der Waals surface area contributed by atoms with Gasteiger partial charge >= 0.3 is 5.97 Å². The van der Waals surface area contributed by atoms with E-state index in [9.17, 15) is 19.7 Å². The number of hydrogen-bond donors (Lipinski definition) is 1. The number of amides is 1. The molecule has 2 aliphatic rings. The molecule has 0 aromatic heterocycles. The first-order chi connectivity index (χ1) is 12.9. The first kappa shape index (κ1) is 19.1. The van der Waals surface area contributed by atoms with E-state index in [0.29, 0.717) is 37.5 Å². The van der Waals surface area contributed by atoms with Gasteiger partial charge in [0.1, 0.15) is 5.69 Å². The van der Waals surface area contributed by atoms with Gasteiger partial charge in [-0.2, -0.15) is 0 Å². The first-order valence-electron chi connectivity index (χ1n) is 9.42. The molecule has 0 bridgehead atoms. The number of hydrogen-bond acceptors (Lipinski definition) is 5. The van der Waals surface area contributed by atoms with E-state index in [-0.39, 0.29) is 17.2 Å². The maximum atomic E-state index is 12.7. The summed E-state index contributed by atoms with van der Waals surface area (Å²) in [5, 5.41) is 20.7. The minimum Gasteiger partial charge on any atom is -0.481 e. The van der Waals surface area contributed by atoms with Crippen LogP contribution in [0.3, 0.4) is 0 Å². The predicted molar refractivity (Wildman–Crippen MR) is 100.0 cm³/mol. The molecular weight excluding hydrogens is 350 g/mol. The maximum Gasteiger partial charge on any atom is 0.306 e. The normalized spacial score (nSPS) is 19.1. The molecule has 2 saturated heterocycles. The van der Waals surface area contributed by atoms with Gasteiger partial charge in [-0.15, -0.1) is 0 Å². The molecule has 0 spiro atoms. The van der Waals surface area contributed by atoms with Crippen molar-refractivity contribution in [2.45, 2.75) is 32.6 Å². The van der Waals surface area contributed by atoms with E-state index in [2.05, 4.69) is 6.92 Å². The lowest BCUT2D eigenvalue weighted by Gasteiger charge is -2.32. The number of nitrogens with zero attached hydrogens (tertiary/aromatic N) is 3. The number of carbonyl (C=O) groups excluding carboxylic acids is 1. The van der Waals surface area contributed by atoms with Crippen molar-refractivity contribution in [1.82, 2.24) is 4.90 Å². The summed E-state index contributed by atoms with van der Waals surface area (Å²) in [4.78, 5) is 38.5. The van der Waals surface area contributed by atoms with Crippen LogP contribution in [-0.4, -0.2) is 53.0 Å². The summed E-state index contributed by atoms with van der Waals surface area (Å²) in [5.74, 6) is -0.916. The summed E-state index contributed by atoms with van der Waals surface area (Å²) >= 11 is 0. The standard InChI is InChI=1S/C19H25N3O5/c1-13-4-8-20(9-5-13)16-3-2-15(12-17(16)22(26)27)18(23)21-10-6-14(7-11-21)19(24)25/h2-3,12-14H,4-11H2,1H3,(H,24,25). The van der Waals surface area contributed by atoms with Crippen molar-refractivity contribution in [3.63, 3.8) is 0 Å². The highest BCUT2D eigenvalue weighted by Gasteiger charge is 2.29. The Hall–Kier alpha value is -2.64. The van der Waals surface area contributed by atoms with Gasteiger partial charge in [0.05, 0.1) is 10.8 Å². The zero-order valence-corrected chi connectivity index (χ0v) is 15.5. The quantitative estimate of drug-likeness (QED) is 0.641. The number of nitro benzene ring substituents is 1. The Morgan fingerprint density at radius 2 is 1.74 bits per heavy atom. The molecule has 1 aromatic rings. The van der Waals surface area contributed by atoms with Crippen LogP contribution >= 0.6 is 0 Å². The van der Waals surface area contributed by atoms with Crippen LogP contribution in [0.25, 0.3) is 0 Å². The SMILES string of the molecule is CC1CCN(c2ccc(C(=O)N3CCC(C(=O)O)CC3)cc2[N+](=O)[O-])CC1. The Morgan fingerprint density at radius 3 is 2.30 bits per heavy atom. The molecule has 8 heteroatoms. The van der Waals surface area contributed by atoms with E-state index >= 15 is 0 Å². The Bertz CT molecular complexity index is 735. The van der Waals surface area contributed by atoms with Gasteiger partial charge < -0.3 is 14.9 Å². The number of benzene rings is 1. The molecule has 1 N–H and O–H groups in total. The smallest absolute Gasteiger partial charge is 0.306 e. The van der Waals surface area contributed by atoms with Gasteiger partial charge in [0.15, 0.2) is 0 Å². The molecule has 0 aliphatic carbocycles. The molecule has 0 radical (unpaired) electrons. The van der Waals surface area contributed by atoms with Crippen molar-refractivity contribution in [1.29, 1.82) is 0 Å². The molecule has 3 rings (SSSR count). The van der Waals surface area contributed by atoms with Crippen molar-refractivity contribution in [2.24, 2.45) is 11.8 Å². The number of carboxylic acid groups (broad SMARTS) is 1. The number of aliphatic carboxylic acids is 1. The molecule has 2 fully saturated rings. The molecule has 8 nitrogen and oxygen atoms in total. The fourth-order valence-electron chi connectivity index (χ4n) is 3.83. The Labute approximate surface area is 157 Å². The van der Waals surface area contributed by atoms with Crippen molar-refractivity contribution in [3.8, 4) is 0 Å². The van der Waals surface area contributed by atoms with E-state index in [1.165, 1.54) is 6.07 Å². The maximum absolute atomic E-state index is 12.7. The molecule has 0 unspecified atom stereocenters. The van der Waals surface area contributed by atoms with Crippen LogP contribution in [0.2, 0.25) is 0 Å². The van der Waals surface area contributed by atoms with Crippen LogP contribution in [0, 0.1) is 22.0 Å². The number of rotatable bonds is 4. The Balaban J connectivity index is 1.77. The molecule has 27 heavy (non-hydrogen) atoms. The average Bonchev–Trinajstić information content (AvgIpc) is 2.67. The zero-order valence-electron chi connectivity index (χ0n) is 15.5. The molecule has 0 atom stereocenters. The number of piperidine rings is 2. The van der Waals surface area contributed by atoms with Crippen LogP contribution in [0.4, 0.5) is 11.4 Å². The lowest BCUT2D eigenvalue weighted by molar-refractivity contribution is -0.384. The molecule has 1 amide bonds. The van der Waals surface area contributed by atoms with Crippen LogP contribution in [0.5, 0.6) is 0 Å². The molecule has 1 aromatic carbocycles. The van der Waals surface area contributed by atoms with E-state index < -0.39 is 16.8 Å². The first-order valence-corrected chi connectivity index (χ1v) is 9.42. The second-order valence-corrected chi connectivity index (χ2v) is 7.53. The van der Waals surface area contributed by atoms with E-state index in [4.69, 9.17) is 5.11 Å². The number of nitro groups is 1. The third-order valence-electron chi connectivity index (χ3n) is 5.67. The third kappa shape index (κ3) is 4.20. The highest BCUT2D eigenvalue weighted by Crippen LogP contribution is 2.33. The zero-order chi connectivity index (χ0) is 19.6. The molecule has 2 aliphatic heterocycles. The van der Waals surface area contributed by atoms with Crippen LogP contribution < -0.4 is 4.90 Å². The third-order valence-corrected chi connectivity index (χ3v) is 5.67. The van der Waals surface area contributed by atoms with Crippen LogP contribution in [0.1, 0.15) is 43.0 Å². The van der Waals surface area contributed by atoms with Crippen molar-refractivity contribution < 1.29 is 19.6 Å². The summed E-state index contributed by atoms with van der Waals surface area (Å²) in [6.45, 7) is 4.45. The number of likely N-dealkylation sites (tertiary alicyclic amines) is 1. The molecule has 146 valence electrons. The molecule has 2 heterocycles. The summed E-state index contributed by atoms with van der Waals surface area (Å²) in [6.07, 6.45) is 2.81. The lowest BCUT2D eigenvalue weighted by Crippen LogP contribution is -2.40. The highest BCUT2D eigenvalue weighted by atomic mass is 16.6. The lowest BCUT2D eigenvalue weighted by atomic mass is 9.96. The summed E-state index contributed by atoms with van der Waals surface area (Å²) < 4.78 is 0. The minimum atomic E-state index is -0.835. The monoisotopic (exact) mass is 375 g/mol. The summed E-state index contributed by atoms with van der Waals surface area (Å²) in [7, 11) is 0. The fourth-order valence-corrected chi connectivity index (χ4v) is 3.83. The summed E-state index contributed by atoms with van der Waals surface area (Å²) in [5.41, 5.74) is 0.800. The minimum absolute atomic E-state index is 0.0455. The Morgan fingerprint density at radius 1 is 1.11 bits per heavy atom. The van der Waals surface area contributed by atoms with Gasteiger partial charge in [-0.1, -0.05) is 6.92 Å². The van der Waals surface area contributed by atoms with Gasteiger partial charge in [0.25, 0.3) is 11.6 Å². The highest BCUT2D eigenvalue weighted by molar-refractivity contribution is 5.96. The van der Waals surface area contributed by atoms with Crippen LogP contribution in [-0.2, 0) is 4.79 Å². The van der Waals surface area contributed by atoms with E-state index in [1.54, 1.807) is 17.0 Å². The number of carboxylic acids is 1. The fraction of sp³-hybridized carbons (Fsp3) is 0.579. The predicted octanol–water partition coefficient (Wildman–Crippen LogP) is 2.77. The van der Waals surface area contributed by atoms with Gasteiger partial charge in [0, 0.05) is 37.8 Å². The summed E-state index contributed by atoms with van der Waals surface area (Å²) in [6, 6.07) is 4.68. The average molecular weight is 375 g/mol. The van der Waals surface area contributed by atoms with E-state index in [1.807, 2.05) is 4.90 Å². The van der Waals surface area contributed by atoms with Crippen molar-refractivity contribution in [3.05, 3.63) is 33.9 Å². The second kappa shape index (κ2) is 7.94. The van der Waals surface area contributed by atoms with Gasteiger partial charge in [-0.05, 0) is 43.7 Å². The van der Waals surface area contributed by atoms with E-state index in [0.717, 1.165) is 25.9 Å². The van der Waals surface area contributed by atoms with Gasteiger partial charge in [-0.25, -0.2) is 0 Å². The second-order valence-electron chi connectivity index (χ2n) is 7.53. The van der Waals surface area contributed by atoms with Crippen molar-refractivity contribution >= 4 is 23.3 Å². The Kier molecular flexibility index (Phi) is 5.62. The number of carbonyl (C=O) groups is 2. The topological polar surface area (TPSA) is 104 Å². The van der Waals surface area contributed by atoms with Crippen LogP contribution in [0.15, 0.2) is 18.2 Å².